The second-order valence-corrected chi connectivity index (χ2v) is 10.5. The van der Waals surface area contributed by atoms with Crippen LogP contribution in [0.15, 0.2) is 12.2 Å². The molecule has 4 aliphatic rings. The molecule has 0 unspecified atom stereocenters. The first-order valence-electron chi connectivity index (χ1n) is 11.5. The normalized spacial score (nSPS) is 33.8. The largest absolute Gasteiger partial charge is 0.444 e. The molecule has 1 saturated carbocycles. The topological polar surface area (TPSA) is 125 Å². The third-order valence-electron chi connectivity index (χ3n) is 7.24. The van der Waals surface area contributed by atoms with E-state index >= 15 is 0 Å². The van der Waals surface area contributed by atoms with Gasteiger partial charge in [-0.05, 0) is 63.7 Å². The lowest BCUT2D eigenvalue weighted by Gasteiger charge is -2.32. The summed E-state index contributed by atoms with van der Waals surface area (Å²) in [5.74, 6) is -0.800. The number of carbonyl (C=O) groups is 4. The van der Waals surface area contributed by atoms with E-state index in [1.165, 1.54) is 4.90 Å². The first-order valence-corrected chi connectivity index (χ1v) is 11.5. The lowest BCUT2D eigenvalue weighted by Crippen LogP contribution is -2.54. The minimum atomic E-state index is -0.977. The summed E-state index contributed by atoms with van der Waals surface area (Å²) in [6.07, 6.45) is 5.46. The monoisotopic (exact) mass is 447 g/mol. The van der Waals surface area contributed by atoms with Crippen molar-refractivity contribution in [3.8, 4) is 0 Å². The van der Waals surface area contributed by atoms with Crippen LogP contribution in [0, 0.1) is 29.6 Å². The van der Waals surface area contributed by atoms with Crippen molar-refractivity contribution < 1.29 is 29.0 Å². The molecule has 2 aliphatic carbocycles. The van der Waals surface area contributed by atoms with Gasteiger partial charge in [0.25, 0.3) is 0 Å². The number of likely N-dealkylation sites (tertiary alicyclic amines) is 1. The number of aliphatic hydroxyl groups excluding tert-OH is 1. The van der Waals surface area contributed by atoms with Crippen molar-refractivity contribution >= 4 is 23.7 Å². The Morgan fingerprint density at radius 3 is 2.62 bits per heavy atom. The number of fused-ring (bicyclic) bond motifs is 5. The Kier molecular flexibility index (Phi) is 6.04. The average Bonchev–Trinajstić information content (AvgIpc) is 3.47. The second kappa shape index (κ2) is 8.50. The van der Waals surface area contributed by atoms with Gasteiger partial charge in [0.15, 0.2) is 5.78 Å². The van der Waals surface area contributed by atoms with Gasteiger partial charge < -0.3 is 20.5 Å². The molecule has 9 heteroatoms. The molecule has 0 spiro atoms. The first kappa shape index (κ1) is 22.8. The number of nitrogens with one attached hydrogen (secondary N) is 2. The molecule has 9 nitrogen and oxygen atoms in total. The van der Waals surface area contributed by atoms with Crippen LogP contribution in [0.3, 0.4) is 0 Å². The lowest BCUT2D eigenvalue weighted by molar-refractivity contribution is -0.133. The van der Waals surface area contributed by atoms with Gasteiger partial charge in [0, 0.05) is 19.0 Å². The third-order valence-corrected chi connectivity index (χ3v) is 7.24. The van der Waals surface area contributed by atoms with Gasteiger partial charge in [0.1, 0.15) is 18.2 Å². The standard InChI is InChI=1S/C23H33N3O6/c1-23(2,3)32-22(31)26-10-15-12-4-5-13(8-12)18(15)19(26)21(30)25-16(17(28)11-27)9-14-6-7-24-20(14)29/h4-5,12-16,18-19,27H,6-11H2,1-3H3,(H,24,29)(H,25,30)/t12-,13+,14+,15-,16+,18+,19+/m1/s1. The number of hydrogen-bond donors (Lipinski definition) is 3. The van der Waals surface area contributed by atoms with E-state index in [0.717, 1.165) is 6.42 Å². The Hall–Kier alpha value is -2.42. The van der Waals surface area contributed by atoms with E-state index in [1.807, 2.05) is 0 Å². The molecule has 2 heterocycles. The fourth-order valence-electron chi connectivity index (χ4n) is 5.85. The summed E-state index contributed by atoms with van der Waals surface area (Å²) in [4.78, 5) is 52.4. The molecule has 32 heavy (non-hydrogen) atoms. The van der Waals surface area contributed by atoms with Gasteiger partial charge in [-0.25, -0.2) is 4.79 Å². The third kappa shape index (κ3) is 4.27. The van der Waals surface area contributed by atoms with E-state index < -0.39 is 42.1 Å². The molecule has 2 bridgehead atoms. The van der Waals surface area contributed by atoms with Crippen LogP contribution in [0.1, 0.15) is 40.0 Å². The van der Waals surface area contributed by atoms with E-state index in [2.05, 4.69) is 22.8 Å². The second-order valence-electron chi connectivity index (χ2n) is 10.5. The van der Waals surface area contributed by atoms with Gasteiger partial charge in [-0.3, -0.25) is 19.3 Å². The quantitative estimate of drug-likeness (QED) is 0.513. The molecule has 2 saturated heterocycles. The molecule has 3 fully saturated rings. The van der Waals surface area contributed by atoms with E-state index in [9.17, 15) is 24.3 Å². The smallest absolute Gasteiger partial charge is 0.410 e. The minimum absolute atomic E-state index is 0.0304. The summed E-state index contributed by atoms with van der Waals surface area (Å²) in [6.45, 7) is 5.60. The summed E-state index contributed by atoms with van der Waals surface area (Å²) in [5, 5.41) is 14.9. The molecule has 3 N–H and O–H groups in total. The Bertz CT molecular complexity index is 834. The van der Waals surface area contributed by atoms with Crippen LogP contribution < -0.4 is 10.6 Å². The number of rotatable bonds is 6. The average molecular weight is 448 g/mol. The van der Waals surface area contributed by atoms with Crippen molar-refractivity contribution in [2.75, 3.05) is 19.7 Å². The zero-order chi connectivity index (χ0) is 23.2. The fourth-order valence-corrected chi connectivity index (χ4v) is 5.85. The molecule has 7 atom stereocenters. The van der Waals surface area contributed by atoms with E-state index in [4.69, 9.17) is 4.74 Å². The molecular weight excluding hydrogens is 414 g/mol. The zero-order valence-electron chi connectivity index (χ0n) is 18.9. The Morgan fingerprint density at radius 2 is 2.00 bits per heavy atom. The Labute approximate surface area is 187 Å². The van der Waals surface area contributed by atoms with Crippen LogP contribution in [-0.4, -0.2) is 71.1 Å². The number of Topliss-reactive ketones (excluding diaryl/α,β-unsaturated/α-hetero) is 1. The number of ether oxygens (including phenoxy) is 1. The van der Waals surface area contributed by atoms with Gasteiger partial charge >= 0.3 is 6.09 Å². The minimum Gasteiger partial charge on any atom is -0.444 e. The first-order chi connectivity index (χ1) is 15.1. The molecule has 2 aliphatic heterocycles. The fraction of sp³-hybridized carbons (Fsp3) is 0.739. The van der Waals surface area contributed by atoms with Crippen molar-refractivity contribution in [2.45, 2.75) is 57.7 Å². The molecule has 176 valence electrons. The van der Waals surface area contributed by atoms with Crippen molar-refractivity contribution in [2.24, 2.45) is 29.6 Å². The van der Waals surface area contributed by atoms with E-state index in [0.29, 0.717) is 25.4 Å². The van der Waals surface area contributed by atoms with Crippen LogP contribution >= 0.6 is 0 Å². The number of ketones is 1. The number of hydrogen-bond acceptors (Lipinski definition) is 6. The van der Waals surface area contributed by atoms with E-state index in [-0.39, 0.29) is 36.0 Å². The molecule has 3 amide bonds. The highest BCUT2D eigenvalue weighted by atomic mass is 16.6. The molecule has 0 aromatic rings. The summed E-state index contributed by atoms with van der Waals surface area (Å²) >= 11 is 0. The maximum Gasteiger partial charge on any atom is 0.410 e. The molecule has 0 aromatic carbocycles. The number of carbonyl (C=O) groups excluding carboxylic acids is 4. The molecule has 0 aromatic heterocycles. The molecule has 0 radical (unpaired) electrons. The van der Waals surface area contributed by atoms with Crippen LogP contribution in [-0.2, 0) is 19.1 Å². The highest BCUT2D eigenvalue weighted by Gasteiger charge is 2.58. The SMILES string of the molecule is CC(C)(C)OC(=O)N1C[C@H]2[C@@H]([C@H]1C(=O)N[C@@H](C[C@@H]1CCNC1=O)C(=O)CO)[C@H]1C=C[C@@H]2C1. The Morgan fingerprint density at radius 1 is 1.28 bits per heavy atom. The van der Waals surface area contributed by atoms with Gasteiger partial charge in [-0.2, -0.15) is 0 Å². The zero-order valence-corrected chi connectivity index (χ0v) is 18.9. The van der Waals surface area contributed by atoms with Crippen molar-refractivity contribution in [1.29, 1.82) is 0 Å². The lowest BCUT2D eigenvalue weighted by atomic mass is 9.81. The van der Waals surface area contributed by atoms with Gasteiger partial charge in [-0.1, -0.05) is 12.2 Å². The highest BCUT2D eigenvalue weighted by molar-refractivity contribution is 5.94. The van der Waals surface area contributed by atoms with Gasteiger partial charge in [-0.15, -0.1) is 0 Å². The van der Waals surface area contributed by atoms with Crippen LogP contribution in [0.5, 0.6) is 0 Å². The van der Waals surface area contributed by atoms with E-state index in [1.54, 1.807) is 20.8 Å². The van der Waals surface area contributed by atoms with Crippen molar-refractivity contribution in [3.05, 3.63) is 12.2 Å². The molecule has 4 rings (SSSR count). The van der Waals surface area contributed by atoms with Gasteiger partial charge in [0.2, 0.25) is 11.8 Å². The summed E-state index contributed by atoms with van der Waals surface area (Å²) in [7, 11) is 0. The number of allylic oxidation sites excluding steroid dienone is 2. The van der Waals surface area contributed by atoms with Crippen molar-refractivity contribution in [1.82, 2.24) is 15.5 Å². The van der Waals surface area contributed by atoms with Crippen LogP contribution in [0.25, 0.3) is 0 Å². The van der Waals surface area contributed by atoms with Crippen molar-refractivity contribution in [3.63, 3.8) is 0 Å². The predicted molar refractivity (Wildman–Crippen MR) is 114 cm³/mol. The highest BCUT2D eigenvalue weighted by Crippen LogP contribution is 2.54. The Balaban J connectivity index is 1.54. The van der Waals surface area contributed by atoms with Crippen LogP contribution in [0.2, 0.25) is 0 Å². The maximum atomic E-state index is 13.5. The number of nitrogens with zero attached hydrogens (tertiary/aromatic N) is 1. The molecular formula is C23H33N3O6. The predicted octanol–water partition coefficient (Wildman–Crippen LogP) is 0.616. The number of amides is 3. The maximum absolute atomic E-state index is 13.5. The van der Waals surface area contributed by atoms with Crippen LogP contribution in [0.4, 0.5) is 4.79 Å². The summed E-state index contributed by atoms with van der Waals surface area (Å²) in [5.41, 5.74) is -0.696. The van der Waals surface area contributed by atoms with Gasteiger partial charge in [0.05, 0.1) is 6.04 Å². The summed E-state index contributed by atoms with van der Waals surface area (Å²) < 4.78 is 5.58. The number of aliphatic hydroxyl groups is 1. The summed E-state index contributed by atoms with van der Waals surface area (Å²) in [6, 6.07) is -1.73.